The third-order valence-electron chi connectivity index (χ3n) is 11.1. The highest BCUT2D eigenvalue weighted by atomic mass is 28.3. The minimum absolute atomic E-state index is 1.13. The van der Waals surface area contributed by atoms with Crippen LogP contribution in [-0.4, -0.2) is 51.8 Å². The molecule has 0 aliphatic carbocycles. The van der Waals surface area contributed by atoms with Crippen LogP contribution in [0.15, 0.2) is 182 Å². The summed E-state index contributed by atoms with van der Waals surface area (Å²) in [6.07, 6.45) is 1.21. The summed E-state index contributed by atoms with van der Waals surface area (Å²) in [5, 5.41) is 0. The molecule has 0 amide bonds. The largest absolute Gasteiger partial charge is 0.321 e. The zero-order chi connectivity index (χ0) is 34.6. The maximum absolute atomic E-state index is 3.06. The smallest absolute Gasteiger partial charge is 0.141 e. The van der Waals surface area contributed by atoms with Crippen LogP contribution in [0.3, 0.4) is 0 Å². The van der Waals surface area contributed by atoms with Crippen molar-refractivity contribution < 1.29 is 0 Å². The van der Waals surface area contributed by atoms with E-state index in [0.717, 1.165) is 49.4 Å². The number of hydrogen-bond donors (Lipinski definition) is 0. The summed E-state index contributed by atoms with van der Waals surface area (Å²) in [6.45, 7) is 4.60. The molecule has 0 radical (unpaired) electrons. The molecule has 258 valence electrons. The Labute approximate surface area is 308 Å². The second kappa shape index (κ2) is 17.3. The molecule has 4 heteroatoms. The highest BCUT2D eigenvalue weighted by molar-refractivity contribution is 6.76. The zero-order valence-corrected chi connectivity index (χ0v) is 32.0. The standard InChI is InChI=1S/C47H52N2Si2/c1-7-20-42(21-8-1)36-50(37-43-22-9-2-10-23-43,38-44-24-11-3-12-25-44)48-32-19-33-49(35-34-48)51(39-45-26-13-4-14-27-45,40-46-28-15-5-16-29-46)41-47-30-17-6-18-31-47/h1-18,20-31H,19,32-41H2. The van der Waals surface area contributed by atoms with Gasteiger partial charge in [-0.25, -0.2) is 0 Å². The molecule has 0 unspecified atom stereocenters. The highest BCUT2D eigenvalue weighted by Crippen LogP contribution is 2.31. The maximum atomic E-state index is 3.06. The van der Waals surface area contributed by atoms with Gasteiger partial charge >= 0.3 is 0 Å². The van der Waals surface area contributed by atoms with Gasteiger partial charge in [0.2, 0.25) is 0 Å². The van der Waals surface area contributed by atoms with Gasteiger partial charge in [-0.2, -0.15) is 0 Å². The number of nitrogens with zero attached hydrogens (tertiary/aromatic N) is 2. The molecule has 0 atom stereocenters. The molecule has 1 fully saturated rings. The van der Waals surface area contributed by atoms with Crippen molar-refractivity contribution in [1.82, 2.24) is 9.13 Å². The molecule has 6 aromatic carbocycles. The Morgan fingerprint density at radius 3 is 0.667 bits per heavy atom. The van der Waals surface area contributed by atoms with E-state index in [9.17, 15) is 0 Å². The van der Waals surface area contributed by atoms with E-state index in [2.05, 4.69) is 191 Å². The van der Waals surface area contributed by atoms with E-state index < -0.39 is 16.5 Å². The lowest BCUT2D eigenvalue weighted by atomic mass is 10.2. The number of benzene rings is 6. The van der Waals surface area contributed by atoms with Crippen molar-refractivity contribution >= 4 is 16.5 Å². The quantitative estimate of drug-likeness (QED) is 0.105. The van der Waals surface area contributed by atoms with Crippen LogP contribution in [0.4, 0.5) is 0 Å². The third-order valence-corrected chi connectivity index (χ3v) is 21.1. The summed E-state index contributed by atoms with van der Waals surface area (Å²) in [6, 6.07) is 75.3. The summed E-state index contributed by atoms with van der Waals surface area (Å²) in [4.78, 5) is 0. The normalized spacial score (nSPS) is 14.6. The Balaban J connectivity index is 1.28. The van der Waals surface area contributed by atoms with Gasteiger partial charge in [0.1, 0.15) is 16.5 Å². The summed E-state index contributed by atoms with van der Waals surface area (Å²) >= 11 is 0. The fraction of sp³-hybridized carbons (Fsp3) is 0.234. The van der Waals surface area contributed by atoms with Crippen molar-refractivity contribution in [2.24, 2.45) is 0 Å². The first kappa shape index (κ1) is 35.1. The van der Waals surface area contributed by atoms with Gasteiger partial charge < -0.3 is 9.13 Å². The molecular formula is C47H52N2Si2. The van der Waals surface area contributed by atoms with Crippen molar-refractivity contribution in [3.63, 3.8) is 0 Å². The van der Waals surface area contributed by atoms with Gasteiger partial charge in [0.05, 0.1) is 0 Å². The molecule has 0 saturated carbocycles. The summed E-state index contributed by atoms with van der Waals surface area (Å²) < 4.78 is 6.12. The Morgan fingerprint density at radius 1 is 0.275 bits per heavy atom. The highest BCUT2D eigenvalue weighted by Gasteiger charge is 2.45. The van der Waals surface area contributed by atoms with E-state index in [1.165, 1.54) is 52.9 Å². The SMILES string of the molecule is c1ccc(C[Si](Cc2ccccc2)(Cc2ccccc2)N2CCCN([Si](Cc3ccccc3)(Cc3ccccc3)Cc3ccccc3)CC2)cc1. The lowest BCUT2D eigenvalue weighted by Gasteiger charge is -2.45. The van der Waals surface area contributed by atoms with Crippen LogP contribution in [0.5, 0.6) is 0 Å². The van der Waals surface area contributed by atoms with Gasteiger partial charge in [0.25, 0.3) is 0 Å². The topological polar surface area (TPSA) is 6.48 Å². The van der Waals surface area contributed by atoms with Gasteiger partial charge in [-0.1, -0.05) is 182 Å². The van der Waals surface area contributed by atoms with Gasteiger partial charge in [0.15, 0.2) is 0 Å². The van der Waals surface area contributed by atoms with Crippen LogP contribution in [0.25, 0.3) is 0 Å². The zero-order valence-electron chi connectivity index (χ0n) is 30.0. The lowest BCUT2D eigenvalue weighted by Crippen LogP contribution is -2.63. The number of rotatable bonds is 14. The van der Waals surface area contributed by atoms with Gasteiger partial charge in [-0.05, 0) is 89.2 Å². The molecule has 0 aromatic heterocycles. The fourth-order valence-corrected chi connectivity index (χ4v) is 19.2. The average Bonchev–Trinajstić information content (AvgIpc) is 3.45. The van der Waals surface area contributed by atoms with Crippen molar-refractivity contribution in [2.75, 3.05) is 26.2 Å². The Hall–Kier alpha value is -4.33. The first-order valence-corrected chi connectivity index (χ1v) is 24.1. The predicted octanol–water partition coefficient (Wildman–Crippen LogP) is 9.58. The van der Waals surface area contributed by atoms with Crippen molar-refractivity contribution in [3.8, 4) is 0 Å². The van der Waals surface area contributed by atoms with Crippen molar-refractivity contribution in [3.05, 3.63) is 215 Å². The van der Waals surface area contributed by atoms with Crippen LogP contribution in [0, 0.1) is 0 Å². The average molecular weight is 701 g/mol. The van der Waals surface area contributed by atoms with Gasteiger partial charge in [0, 0.05) is 13.1 Å². The first-order valence-electron chi connectivity index (χ1n) is 18.9. The second-order valence-electron chi connectivity index (χ2n) is 14.8. The first-order chi connectivity index (χ1) is 25.2. The van der Waals surface area contributed by atoms with Crippen molar-refractivity contribution in [2.45, 2.75) is 42.7 Å². The van der Waals surface area contributed by atoms with Crippen molar-refractivity contribution in [1.29, 1.82) is 0 Å². The van der Waals surface area contributed by atoms with E-state index in [0.29, 0.717) is 0 Å². The van der Waals surface area contributed by atoms with E-state index in [1.807, 2.05) is 0 Å². The second-order valence-corrected chi connectivity index (χ2v) is 23.0. The predicted molar refractivity (Wildman–Crippen MR) is 220 cm³/mol. The maximum Gasteiger partial charge on any atom is 0.141 e. The van der Waals surface area contributed by atoms with E-state index in [4.69, 9.17) is 0 Å². The van der Waals surface area contributed by atoms with Gasteiger partial charge in [-0.15, -0.1) is 0 Å². The molecule has 1 aliphatic rings. The molecule has 51 heavy (non-hydrogen) atoms. The van der Waals surface area contributed by atoms with Crippen LogP contribution >= 0.6 is 0 Å². The number of hydrogen-bond acceptors (Lipinski definition) is 2. The molecule has 2 nitrogen and oxygen atoms in total. The van der Waals surface area contributed by atoms with E-state index in [-0.39, 0.29) is 0 Å². The van der Waals surface area contributed by atoms with E-state index in [1.54, 1.807) is 0 Å². The van der Waals surface area contributed by atoms with Gasteiger partial charge in [-0.3, -0.25) is 0 Å². The third kappa shape index (κ3) is 9.32. The van der Waals surface area contributed by atoms with Crippen LogP contribution in [0.1, 0.15) is 39.8 Å². The van der Waals surface area contributed by atoms with Crippen LogP contribution < -0.4 is 0 Å². The van der Waals surface area contributed by atoms with E-state index >= 15 is 0 Å². The molecule has 7 rings (SSSR count). The fourth-order valence-electron chi connectivity index (χ4n) is 8.77. The molecule has 1 heterocycles. The van der Waals surface area contributed by atoms with Crippen LogP contribution in [0.2, 0.25) is 0 Å². The molecule has 0 N–H and O–H groups in total. The minimum Gasteiger partial charge on any atom is -0.321 e. The summed E-state index contributed by atoms with van der Waals surface area (Å²) in [5.41, 5.74) is 8.91. The Kier molecular flexibility index (Phi) is 11.9. The molecule has 0 spiro atoms. The molecule has 6 aromatic rings. The molecule has 0 bridgehead atoms. The molecule has 1 saturated heterocycles. The monoisotopic (exact) mass is 700 g/mol. The lowest BCUT2D eigenvalue weighted by molar-refractivity contribution is 0.399. The van der Waals surface area contributed by atoms with Crippen LogP contribution in [-0.2, 0) is 36.3 Å². The Morgan fingerprint density at radius 2 is 0.471 bits per heavy atom. The summed E-state index contributed by atoms with van der Waals surface area (Å²) in [7, 11) is -4.28. The minimum atomic E-state index is -2.14. The Bertz CT molecular complexity index is 1530. The summed E-state index contributed by atoms with van der Waals surface area (Å²) in [5.74, 6) is 0. The molecule has 1 aliphatic heterocycles. The molecular weight excluding hydrogens is 649 g/mol.